The van der Waals surface area contributed by atoms with E-state index in [1.807, 2.05) is 12.1 Å². The first-order chi connectivity index (χ1) is 8.05. The van der Waals surface area contributed by atoms with E-state index in [4.69, 9.17) is 5.14 Å². The Morgan fingerprint density at radius 1 is 1.24 bits per heavy atom. The van der Waals surface area contributed by atoms with Crippen molar-refractivity contribution in [3.05, 3.63) is 35.9 Å². The van der Waals surface area contributed by atoms with Crippen molar-refractivity contribution in [1.82, 2.24) is 20.2 Å². The first kappa shape index (κ1) is 11.7. The SMILES string of the molecule is NS(=O)(=O)c1n[nH]c(CCc2ccncc2)n1. The molecule has 2 aromatic heterocycles. The van der Waals surface area contributed by atoms with Crippen molar-refractivity contribution < 1.29 is 8.42 Å². The van der Waals surface area contributed by atoms with Crippen molar-refractivity contribution in [3.63, 3.8) is 0 Å². The minimum absolute atomic E-state index is 0.373. The second-order valence-electron chi connectivity index (χ2n) is 3.47. The highest BCUT2D eigenvalue weighted by atomic mass is 32.2. The number of hydrogen-bond donors (Lipinski definition) is 2. The Kier molecular flexibility index (Phi) is 3.16. The lowest BCUT2D eigenvalue weighted by Crippen LogP contribution is -2.14. The number of aryl methyl sites for hydroxylation is 2. The molecule has 7 nitrogen and oxygen atoms in total. The van der Waals surface area contributed by atoms with Gasteiger partial charge in [0.2, 0.25) is 0 Å². The molecular weight excluding hydrogens is 242 g/mol. The average molecular weight is 253 g/mol. The van der Waals surface area contributed by atoms with Crippen LogP contribution in [-0.4, -0.2) is 28.6 Å². The van der Waals surface area contributed by atoms with Crippen LogP contribution in [0.2, 0.25) is 0 Å². The number of nitrogens with one attached hydrogen (secondary N) is 1. The molecular formula is C9H11N5O2S. The van der Waals surface area contributed by atoms with E-state index >= 15 is 0 Å². The lowest BCUT2D eigenvalue weighted by atomic mass is 10.1. The number of nitrogens with two attached hydrogens (primary N) is 1. The Hall–Kier alpha value is -1.80. The quantitative estimate of drug-likeness (QED) is 0.771. The van der Waals surface area contributed by atoms with Crippen LogP contribution in [0, 0.1) is 0 Å². The Balaban J connectivity index is 2.04. The van der Waals surface area contributed by atoms with Gasteiger partial charge in [0.1, 0.15) is 5.82 Å². The largest absolute Gasteiger partial charge is 0.282 e. The number of pyridine rings is 1. The Labute approximate surface area is 98.2 Å². The molecule has 2 aromatic rings. The molecule has 0 atom stereocenters. The van der Waals surface area contributed by atoms with E-state index in [0.717, 1.165) is 12.0 Å². The maximum Gasteiger partial charge on any atom is 0.282 e. The van der Waals surface area contributed by atoms with Gasteiger partial charge in [-0.3, -0.25) is 10.1 Å². The zero-order valence-electron chi connectivity index (χ0n) is 8.87. The predicted molar refractivity (Wildman–Crippen MR) is 59.4 cm³/mol. The summed E-state index contributed by atoms with van der Waals surface area (Å²) in [5.74, 6) is 0.492. The number of H-pyrrole nitrogens is 1. The topological polar surface area (TPSA) is 115 Å². The van der Waals surface area contributed by atoms with Crippen LogP contribution < -0.4 is 5.14 Å². The van der Waals surface area contributed by atoms with Gasteiger partial charge in [-0.2, -0.15) is 0 Å². The monoisotopic (exact) mass is 253 g/mol. The van der Waals surface area contributed by atoms with E-state index in [1.54, 1.807) is 12.4 Å². The third-order valence-corrected chi connectivity index (χ3v) is 2.86. The van der Waals surface area contributed by atoms with Crippen molar-refractivity contribution >= 4 is 10.0 Å². The number of sulfonamides is 1. The van der Waals surface area contributed by atoms with Crippen LogP contribution in [0.4, 0.5) is 0 Å². The minimum Gasteiger partial charge on any atom is -0.265 e. The van der Waals surface area contributed by atoms with Crippen LogP contribution in [0.15, 0.2) is 29.7 Å². The summed E-state index contributed by atoms with van der Waals surface area (Å²) in [5, 5.41) is 10.6. The van der Waals surface area contributed by atoms with Crippen LogP contribution in [0.3, 0.4) is 0 Å². The molecule has 90 valence electrons. The highest BCUT2D eigenvalue weighted by Gasteiger charge is 2.14. The summed E-state index contributed by atoms with van der Waals surface area (Å²) >= 11 is 0. The fraction of sp³-hybridized carbons (Fsp3) is 0.222. The van der Waals surface area contributed by atoms with Gasteiger partial charge in [-0.1, -0.05) is 0 Å². The molecule has 3 N–H and O–H groups in total. The number of aromatic nitrogens is 4. The highest BCUT2D eigenvalue weighted by Crippen LogP contribution is 2.04. The maximum atomic E-state index is 10.9. The summed E-state index contributed by atoms with van der Waals surface area (Å²) in [6.07, 6.45) is 4.69. The molecule has 0 radical (unpaired) electrons. The molecule has 0 aromatic carbocycles. The van der Waals surface area contributed by atoms with Gasteiger partial charge in [-0.05, 0) is 24.1 Å². The summed E-state index contributed by atoms with van der Waals surface area (Å²) in [6.45, 7) is 0. The molecule has 2 heterocycles. The Bertz CT molecular complexity index is 593. The smallest absolute Gasteiger partial charge is 0.265 e. The first-order valence-corrected chi connectivity index (χ1v) is 6.43. The highest BCUT2D eigenvalue weighted by molar-refractivity contribution is 7.89. The van der Waals surface area contributed by atoms with Crippen molar-refractivity contribution in [2.24, 2.45) is 5.14 Å². The van der Waals surface area contributed by atoms with E-state index in [-0.39, 0.29) is 5.16 Å². The second-order valence-corrected chi connectivity index (χ2v) is 4.92. The van der Waals surface area contributed by atoms with Crippen molar-refractivity contribution in [1.29, 1.82) is 0 Å². The molecule has 0 unspecified atom stereocenters. The molecule has 0 amide bonds. The van der Waals surface area contributed by atoms with Crippen molar-refractivity contribution in [2.75, 3.05) is 0 Å². The molecule has 0 bridgehead atoms. The summed E-state index contributed by atoms with van der Waals surface area (Å²) in [5.41, 5.74) is 1.09. The molecule has 17 heavy (non-hydrogen) atoms. The standard InChI is InChI=1S/C9H11N5O2S/c10-17(15,16)9-12-8(13-14-9)2-1-7-3-5-11-6-4-7/h3-6H,1-2H2,(H2,10,15,16)(H,12,13,14). The molecule has 0 saturated heterocycles. The van der Waals surface area contributed by atoms with Gasteiger partial charge < -0.3 is 0 Å². The molecule has 0 spiro atoms. The fourth-order valence-corrected chi connectivity index (χ4v) is 1.74. The summed E-state index contributed by atoms with van der Waals surface area (Å²) < 4.78 is 21.9. The van der Waals surface area contributed by atoms with Gasteiger partial charge >= 0.3 is 0 Å². The van der Waals surface area contributed by atoms with E-state index in [2.05, 4.69) is 20.2 Å². The van der Waals surface area contributed by atoms with Crippen molar-refractivity contribution in [2.45, 2.75) is 18.0 Å². The molecule has 0 aliphatic rings. The maximum absolute atomic E-state index is 10.9. The lowest BCUT2D eigenvalue weighted by molar-refractivity contribution is 0.589. The van der Waals surface area contributed by atoms with Crippen LogP contribution in [0.1, 0.15) is 11.4 Å². The first-order valence-electron chi connectivity index (χ1n) is 4.89. The van der Waals surface area contributed by atoms with Crippen LogP contribution >= 0.6 is 0 Å². The van der Waals surface area contributed by atoms with E-state index in [0.29, 0.717) is 12.2 Å². The van der Waals surface area contributed by atoms with Gasteiger partial charge in [0.05, 0.1) is 0 Å². The number of aromatic amines is 1. The molecule has 2 rings (SSSR count). The number of nitrogens with zero attached hydrogens (tertiary/aromatic N) is 3. The van der Waals surface area contributed by atoms with Gasteiger partial charge in [0, 0.05) is 18.8 Å². The van der Waals surface area contributed by atoms with Crippen LogP contribution in [0.5, 0.6) is 0 Å². The third-order valence-electron chi connectivity index (χ3n) is 2.17. The zero-order chi connectivity index (χ0) is 12.3. The minimum atomic E-state index is -3.83. The van der Waals surface area contributed by atoms with E-state index in [9.17, 15) is 8.42 Å². The van der Waals surface area contributed by atoms with Crippen LogP contribution in [-0.2, 0) is 22.9 Å². The van der Waals surface area contributed by atoms with E-state index < -0.39 is 10.0 Å². The molecule has 0 saturated carbocycles. The predicted octanol–water partition coefficient (Wildman–Crippen LogP) is -0.368. The molecule has 8 heteroatoms. The summed E-state index contributed by atoms with van der Waals surface area (Å²) in [4.78, 5) is 7.71. The van der Waals surface area contributed by atoms with Gasteiger partial charge in [0.15, 0.2) is 0 Å². The van der Waals surface area contributed by atoms with Gasteiger partial charge in [0.25, 0.3) is 15.2 Å². The van der Waals surface area contributed by atoms with Gasteiger partial charge in [-0.25, -0.2) is 18.5 Å². The number of hydrogen-bond acceptors (Lipinski definition) is 5. The third kappa shape index (κ3) is 3.08. The zero-order valence-corrected chi connectivity index (χ0v) is 9.68. The van der Waals surface area contributed by atoms with Gasteiger partial charge in [-0.15, -0.1) is 5.10 Å². The molecule has 0 fully saturated rings. The average Bonchev–Trinajstić information content (AvgIpc) is 2.76. The lowest BCUT2D eigenvalue weighted by Gasteiger charge is -1.96. The fourth-order valence-electron chi connectivity index (χ4n) is 1.33. The molecule has 0 aliphatic heterocycles. The summed E-state index contributed by atoms with van der Waals surface area (Å²) in [6, 6.07) is 3.77. The normalized spacial score (nSPS) is 11.6. The second kappa shape index (κ2) is 4.60. The number of primary sulfonamides is 1. The van der Waals surface area contributed by atoms with E-state index in [1.165, 1.54) is 0 Å². The van der Waals surface area contributed by atoms with Crippen LogP contribution in [0.25, 0.3) is 0 Å². The van der Waals surface area contributed by atoms with Crippen molar-refractivity contribution in [3.8, 4) is 0 Å². The Morgan fingerprint density at radius 2 is 1.94 bits per heavy atom. The molecule has 0 aliphatic carbocycles. The summed E-state index contributed by atoms with van der Waals surface area (Å²) in [7, 11) is -3.83. The Morgan fingerprint density at radius 3 is 2.53 bits per heavy atom. The number of rotatable bonds is 4.